The smallest absolute Gasteiger partial charge is 0.408 e. The number of nitrogens with two attached hydrogens (primary N) is 1. The van der Waals surface area contributed by atoms with E-state index >= 15 is 0 Å². The van der Waals surface area contributed by atoms with Crippen molar-refractivity contribution in [2.24, 2.45) is 17.1 Å². The number of amides is 5. The molecule has 1 aromatic rings. The molecule has 4 rings (SSSR count). The Morgan fingerprint density at radius 3 is 2.36 bits per heavy atom. The Morgan fingerprint density at radius 2 is 1.80 bits per heavy atom. The molecule has 0 unspecified atom stereocenters. The summed E-state index contributed by atoms with van der Waals surface area (Å²) in [5.74, 6) is -5.46. The van der Waals surface area contributed by atoms with E-state index in [1.807, 2.05) is 0 Å². The van der Waals surface area contributed by atoms with Crippen LogP contribution in [0.4, 0.5) is 23.8 Å². The third-order valence-corrected chi connectivity index (χ3v) is 7.76. The second-order valence-corrected chi connectivity index (χ2v) is 13.4. The summed E-state index contributed by atoms with van der Waals surface area (Å²) in [4.78, 5) is 72.0. The van der Waals surface area contributed by atoms with E-state index in [0.717, 1.165) is 9.80 Å². The predicted molar refractivity (Wildman–Crippen MR) is 148 cm³/mol. The standard InChI is InChI=1S/C28H37F3N6O7/c1-25(2,3)18(34-24(42)44-26(4,5)6)22(40)36-12-14(28(29,30)31)10-15(36)21(39)37-13-27(11-16(37)19(32)38)23(41)35-20-17(43-27)8-7-9-33-20/h7-9,14-16,18H,10-13H2,1-6H3,(H2,32,38)(H,34,42)(H,33,35,41)/t14-,15+,16+,18-,27-/m1/s1. The average molecular weight is 627 g/mol. The van der Waals surface area contributed by atoms with Crippen LogP contribution in [0.15, 0.2) is 18.3 Å². The van der Waals surface area contributed by atoms with Gasteiger partial charge in [-0.1, -0.05) is 20.8 Å². The second kappa shape index (κ2) is 11.1. The van der Waals surface area contributed by atoms with Crippen molar-refractivity contribution < 1.29 is 46.6 Å². The normalized spacial score (nSPS) is 26.0. The van der Waals surface area contributed by atoms with Crippen LogP contribution in [0.25, 0.3) is 0 Å². The molecule has 0 radical (unpaired) electrons. The number of likely N-dealkylation sites (tertiary alicyclic amines) is 2. The van der Waals surface area contributed by atoms with Gasteiger partial charge in [-0.15, -0.1) is 0 Å². The molecule has 0 bridgehead atoms. The lowest BCUT2D eigenvalue weighted by atomic mass is 9.85. The van der Waals surface area contributed by atoms with E-state index in [-0.39, 0.29) is 18.0 Å². The molecule has 16 heteroatoms. The van der Waals surface area contributed by atoms with Crippen LogP contribution >= 0.6 is 0 Å². The summed E-state index contributed by atoms with van der Waals surface area (Å²) < 4.78 is 53.3. The van der Waals surface area contributed by atoms with E-state index in [2.05, 4.69) is 15.6 Å². The molecular weight excluding hydrogens is 589 g/mol. The highest BCUT2D eigenvalue weighted by Crippen LogP contribution is 2.42. The first kappa shape index (κ1) is 32.8. The van der Waals surface area contributed by atoms with Gasteiger partial charge in [0.05, 0.1) is 12.5 Å². The van der Waals surface area contributed by atoms with Crippen molar-refractivity contribution in [2.75, 3.05) is 18.4 Å². The quantitative estimate of drug-likeness (QED) is 0.455. The number of nitrogens with zero attached hydrogens (tertiary/aromatic N) is 3. The molecular formula is C28H37F3N6O7. The van der Waals surface area contributed by atoms with E-state index in [1.54, 1.807) is 47.6 Å². The summed E-state index contributed by atoms with van der Waals surface area (Å²) in [6, 6.07) is -1.43. The van der Waals surface area contributed by atoms with Gasteiger partial charge in [-0.2, -0.15) is 13.2 Å². The lowest BCUT2D eigenvalue weighted by Crippen LogP contribution is -2.59. The predicted octanol–water partition coefficient (Wildman–Crippen LogP) is 1.96. The molecule has 1 spiro atoms. The van der Waals surface area contributed by atoms with Gasteiger partial charge in [0.1, 0.15) is 23.7 Å². The number of rotatable bonds is 4. The first-order valence-corrected chi connectivity index (χ1v) is 14.0. The third kappa shape index (κ3) is 6.53. The van der Waals surface area contributed by atoms with Crippen LogP contribution < -0.4 is 21.1 Å². The number of carbonyl (C=O) groups is 5. The monoisotopic (exact) mass is 626 g/mol. The Labute approximate surface area is 252 Å². The van der Waals surface area contributed by atoms with Crippen LogP contribution in [-0.4, -0.2) is 93.1 Å². The van der Waals surface area contributed by atoms with Crippen molar-refractivity contribution in [3.05, 3.63) is 18.3 Å². The number of alkyl halides is 3. The van der Waals surface area contributed by atoms with E-state index in [9.17, 15) is 37.1 Å². The zero-order valence-electron chi connectivity index (χ0n) is 25.3. The van der Waals surface area contributed by atoms with E-state index in [1.165, 1.54) is 12.3 Å². The van der Waals surface area contributed by atoms with Gasteiger partial charge in [-0.3, -0.25) is 19.2 Å². The molecule has 13 nitrogen and oxygen atoms in total. The molecule has 2 saturated heterocycles. The van der Waals surface area contributed by atoms with Crippen LogP contribution in [0.5, 0.6) is 5.75 Å². The summed E-state index contributed by atoms with van der Waals surface area (Å²) >= 11 is 0. The minimum absolute atomic E-state index is 0.120. The lowest BCUT2D eigenvalue weighted by molar-refractivity contribution is -0.171. The van der Waals surface area contributed by atoms with Crippen LogP contribution in [0.2, 0.25) is 0 Å². The van der Waals surface area contributed by atoms with Crippen molar-refractivity contribution in [1.82, 2.24) is 20.1 Å². The molecule has 3 aliphatic heterocycles. The zero-order chi connectivity index (χ0) is 33.0. The topological polar surface area (TPSA) is 173 Å². The molecule has 2 fully saturated rings. The maximum atomic E-state index is 14.1. The molecule has 0 aliphatic carbocycles. The molecule has 0 saturated carbocycles. The van der Waals surface area contributed by atoms with E-state index in [0.29, 0.717) is 0 Å². The number of fused-ring (bicyclic) bond motifs is 1. The number of halogens is 3. The number of primary amides is 1. The number of hydrogen-bond donors (Lipinski definition) is 3. The highest BCUT2D eigenvalue weighted by Gasteiger charge is 2.60. The fourth-order valence-electron chi connectivity index (χ4n) is 5.62. The van der Waals surface area contributed by atoms with Gasteiger partial charge in [-0.05, 0) is 44.7 Å². The molecule has 1 aromatic heterocycles. The summed E-state index contributed by atoms with van der Waals surface area (Å²) in [5.41, 5.74) is 1.88. The number of anilines is 1. The minimum Gasteiger partial charge on any atom is -0.472 e. The van der Waals surface area contributed by atoms with Crippen molar-refractivity contribution in [2.45, 2.75) is 89.9 Å². The number of ether oxygens (including phenoxy) is 2. The van der Waals surface area contributed by atoms with Crippen molar-refractivity contribution >= 4 is 35.5 Å². The average Bonchev–Trinajstić information content (AvgIpc) is 3.49. The number of pyridine rings is 1. The van der Waals surface area contributed by atoms with Crippen molar-refractivity contribution in [3.8, 4) is 5.75 Å². The van der Waals surface area contributed by atoms with Crippen LogP contribution in [0, 0.1) is 11.3 Å². The van der Waals surface area contributed by atoms with Gasteiger partial charge in [0, 0.05) is 19.2 Å². The molecule has 4 N–H and O–H groups in total. The number of carbonyl (C=O) groups excluding carboxylic acids is 5. The molecule has 5 atom stereocenters. The maximum Gasteiger partial charge on any atom is 0.408 e. The second-order valence-electron chi connectivity index (χ2n) is 13.4. The fraction of sp³-hybridized carbons (Fsp3) is 0.643. The lowest BCUT2D eigenvalue weighted by Gasteiger charge is -2.37. The van der Waals surface area contributed by atoms with Crippen LogP contribution in [-0.2, 0) is 23.9 Å². The molecule has 3 aliphatic rings. The first-order chi connectivity index (χ1) is 20.1. The van der Waals surface area contributed by atoms with Gasteiger partial charge in [0.2, 0.25) is 23.3 Å². The number of alkyl carbamates (subject to hydrolysis) is 1. The van der Waals surface area contributed by atoms with Gasteiger partial charge >= 0.3 is 12.3 Å². The summed E-state index contributed by atoms with van der Waals surface area (Å²) in [7, 11) is 0. The van der Waals surface area contributed by atoms with E-state index < -0.39 is 96.1 Å². The van der Waals surface area contributed by atoms with Gasteiger partial charge in [0.25, 0.3) is 5.91 Å². The Morgan fingerprint density at radius 1 is 1.14 bits per heavy atom. The van der Waals surface area contributed by atoms with Gasteiger partial charge in [0.15, 0.2) is 11.6 Å². The van der Waals surface area contributed by atoms with Gasteiger partial charge in [-0.25, -0.2) is 9.78 Å². The minimum atomic E-state index is -4.76. The summed E-state index contributed by atoms with van der Waals surface area (Å²) in [6.07, 6.45) is -5.48. The first-order valence-electron chi connectivity index (χ1n) is 14.0. The Bertz CT molecular complexity index is 1360. The van der Waals surface area contributed by atoms with E-state index in [4.69, 9.17) is 15.2 Å². The molecule has 4 heterocycles. The van der Waals surface area contributed by atoms with Crippen molar-refractivity contribution in [3.63, 3.8) is 0 Å². The highest BCUT2D eigenvalue weighted by atomic mass is 19.4. The van der Waals surface area contributed by atoms with Crippen molar-refractivity contribution in [1.29, 1.82) is 0 Å². The Kier molecular flexibility index (Phi) is 8.28. The Balaban J connectivity index is 1.67. The highest BCUT2D eigenvalue weighted by molar-refractivity contribution is 6.03. The zero-order valence-corrected chi connectivity index (χ0v) is 25.3. The largest absolute Gasteiger partial charge is 0.472 e. The number of aromatic nitrogens is 1. The van der Waals surface area contributed by atoms with Gasteiger partial charge < -0.3 is 35.6 Å². The maximum absolute atomic E-state index is 14.1. The number of hydrogen-bond acceptors (Lipinski definition) is 8. The summed E-state index contributed by atoms with van der Waals surface area (Å²) in [6.45, 7) is 8.22. The number of nitrogens with one attached hydrogen (secondary N) is 2. The molecule has 44 heavy (non-hydrogen) atoms. The Hall–Kier alpha value is -4.11. The summed E-state index contributed by atoms with van der Waals surface area (Å²) in [5, 5.41) is 5.02. The molecule has 5 amide bonds. The molecule has 0 aromatic carbocycles. The SMILES string of the molecule is CC(C)(C)OC(=O)N[C@H](C(=O)N1C[C@H](C(F)(F)F)C[C@H]1C(=O)N1C[C@@]2(C[C@H]1C(N)=O)Oc1cccnc1NC2=O)C(C)(C)C. The third-order valence-electron chi connectivity index (χ3n) is 7.76. The van der Waals surface area contributed by atoms with Crippen LogP contribution in [0.1, 0.15) is 54.4 Å². The molecule has 242 valence electrons. The fourth-order valence-corrected chi connectivity index (χ4v) is 5.62. The van der Waals surface area contributed by atoms with Crippen LogP contribution in [0.3, 0.4) is 0 Å².